The zero-order valence-electron chi connectivity index (χ0n) is 7.83. The summed E-state index contributed by atoms with van der Waals surface area (Å²) in [4.78, 5) is 16.1. The van der Waals surface area contributed by atoms with Crippen LogP contribution in [-0.4, -0.2) is 25.1 Å². The van der Waals surface area contributed by atoms with Crippen molar-refractivity contribution in [1.29, 1.82) is 0 Å². The molecule has 0 saturated carbocycles. The van der Waals surface area contributed by atoms with Gasteiger partial charge in [-0.3, -0.25) is 9.63 Å². The summed E-state index contributed by atoms with van der Waals surface area (Å²) in [6, 6.07) is 0. The zero-order valence-corrected chi connectivity index (χ0v) is 7.83. The van der Waals surface area contributed by atoms with Gasteiger partial charge in [-0.2, -0.15) is 0 Å². The molecule has 68 valence electrons. The van der Waals surface area contributed by atoms with E-state index in [1.807, 2.05) is 6.92 Å². The molecule has 0 unspecified atom stereocenters. The third-order valence-electron chi connectivity index (χ3n) is 1.66. The van der Waals surface area contributed by atoms with Gasteiger partial charge in [0.25, 0.3) is 5.91 Å². The highest BCUT2D eigenvalue weighted by atomic mass is 16.7. The van der Waals surface area contributed by atoms with Crippen molar-refractivity contribution in [2.45, 2.75) is 19.8 Å². The minimum Gasteiger partial charge on any atom is -0.275 e. The van der Waals surface area contributed by atoms with Crippen LogP contribution in [0.5, 0.6) is 0 Å². The van der Waals surface area contributed by atoms with E-state index in [0.717, 1.165) is 6.42 Å². The fourth-order valence-electron chi connectivity index (χ4n) is 0.876. The van der Waals surface area contributed by atoms with Gasteiger partial charge in [0.05, 0.1) is 7.11 Å². The van der Waals surface area contributed by atoms with Crippen LogP contribution in [0.2, 0.25) is 0 Å². The molecule has 1 atom stereocenters. The lowest BCUT2D eigenvalue weighted by Gasteiger charge is -2.17. The maximum Gasteiger partial charge on any atom is 0.260 e. The van der Waals surface area contributed by atoms with E-state index in [0.29, 0.717) is 6.42 Å². The van der Waals surface area contributed by atoms with Crippen LogP contribution in [0.1, 0.15) is 19.8 Å². The highest BCUT2D eigenvalue weighted by Crippen LogP contribution is 2.08. The summed E-state index contributed by atoms with van der Waals surface area (Å²) in [7, 11) is 3.00. The Kier molecular flexibility index (Phi) is 5.14. The van der Waals surface area contributed by atoms with Gasteiger partial charge in [-0.25, -0.2) is 5.06 Å². The Balaban J connectivity index is 4.14. The van der Waals surface area contributed by atoms with Crippen LogP contribution in [0.25, 0.3) is 0 Å². The summed E-state index contributed by atoms with van der Waals surface area (Å²) in [5.41, 5.74) is 0. The Morgan fingerprint density at radius 2 is 2.33 bits per heavy atom. The van der Waals surface area contributed by atoms with Gasteiger partial charge in [-0.15, -0.1) is 6.42 Å². The van der Waals surface area contributed by atoms with E-state index in [4.69, 9.17) is 11.3 Å². The number of rotatable bonds is 4. The van der Waals surface area contributed by atoms with Gasteiger partial charge in [-0.05, 0) is 6.42 Å². The standard InChI is InChI=1S/C9H15NO2/c1-5-7-8(6-2)9(11)10(3)12-4/h2,8H,5,7H2,1,3-4H3/t8-/m1/s1. The van der Waals surface area contributed by atoms with Gasteiger partial charge in [0, 0.05) is 7.05 Å². The maximum atomic E-state index is 11.4. The first kappa shape index (κ1) is 11.0. The second-order valence-corrected chi connectivity index (χ2v) is 2.53. The zero-order chi connectivity index (χ0) is 9.56. The van der Waals surface area contributed by atoms with Gasteiger partial charge < -0.3 is 0 Å². The highest BCUT2D eigenvalue weighted by Gasteiger charge is 2.18. The lowest BCUT2D eigenvalue weighted by molar-refractivity contribution is -0.171. The number of carbonyl (C=O) groups excluding carboxylic acids is 1. The normalized spacial score (nSPS) is 11.8. The minimum absolute atomic E-state index is 0.151. The molecule has 0 heterocycles. The van der Waals surface area contributed by atoms with Crippen molar-refractivity contribution in [2.75, 3.05) is 14.2 Å². The molecule has 0 aliphatic carbocycles. The van der Waals surface area contributed by atoms with Crippen molar-refractivity contribution < 1.29 is 9.63 Å². The molecule has 0 radical (unpaired) electrons. The monoisotopic (exact) mass is 169 g/mol. The second kappa shape index (κ2) is 5.62. The molecule has 0 bridgehead atoms. The van der Waals surface area contributed by atoms with E-state index in [1.54, 1.807) is 7.05 Å². The number of terminal acetylenes is 1. The lowest BCUT2D eigenvalue weighted by atomic mass is 10.0. The van der Waals surface area contributed by atoms with Gasteiger partial charge in [0.15, 0.2) is 0 Å². The van der Waals surface area contributed by atoms with Crippen molar-refractivity contribution in [2.24, 2.45) is 5.92 Å². The fraction of sp³-hybridized carbons (Fsp3) is 0.667. The minimum atomic E-state index is -0.347. The summed E-state index contributed by atoms with van der Waals surface area (Å²) in [5.74, 6) is 1.95. The van der Waals surface area contributed by atoms with Crippen molar-refractivity contribution in [3.63, 3.8) is 0 Å². The summed E-state index contributed by atoms with van der Waals surface area (Å²) >= 11 is 0. The number of hydrogen-bond donors (Lipinski definition) is 0. The summed E-state index contributed by atoms with van der Waals surface area (Å²) in [5, 5.41) is 1.17. The molecule has 0 aliphatic rings. The van der Waals surface area contributed by atoms with Crippen LogP contribution in [0.3, 0.4) is 0 Å². The van der Waals surface area contributed by atoms with Crippen LogP contribution < -0.4 is 0 Å². The molecular weight excluding hydrogens is 154 g/mol. The number of hydrogen-bond acceptors (Lipinski definition) is 2. The SMILES string of the molecule is C#C[C@H](CCC)C(=O)N(C)OC. The first-order chi connectivity index (χ1) is 5.67. The van der Waals surface area contributed by atoms with Crippen molar-refractivity contribution in [3.05, 3.63) is 0 Å². The Bertz CT molecular complexity index is 183. The first-order valence-electron chi connectivity index (χ1n) is 3.95. The molecule has 0 N–H and O–H groups in total. The molecule has 0 aliphatic heterocycles. The molecular formula is C9H15NO2. The smallest absolute Gasteiger partial charge is 0.260 e. The van der Waals surface area contributed by atoms with Crippen molar-refractivity contribution in [1.82, 2.24) is 5.06 Å². The van der Waals surface area contributed by atoms with Crippen LogP contribution in [0, 0.1) is 18.3 Å². The Hall–Kier alpha value is -1.01. The summed E-state index contributed by atoms with van der Waals surface area (Å²) in [6.45, 7) is 1.99. The largest absolute Gasteiger partial charge is 0.275 e. The Labute approximate surface area is 73.6 Å². The molecule has 0 rings (SSSR count). The number of carbonyl (C=O) groups is 1. The maximum absolute atomic E-state index is 11.4. The lowest BCUT2D eigenvalue weighted by Crippen LogP contribution is -2.31. The average molecular weight is 169 g/mol. The van der Waals surface area contributed by atoms with E-state index in [2.05, 4.69) is 5.92 Å². The first-order valence-corrected chi connectivity index (χ1v) is 3.95. The molecule has 12 heavy (non-hydrogen) atoms. The van der Waals surface area contributed by atoms with Crippen LogP contribution in [-0.2, 0) is 9.63 Å². The predicted octanol–water partition coefficient (Wildman–Crippen LogP) is 1.06. The Morgan fingerprint density at radius 1 is 1.75 bits per heavy atom. The third-order valence-corrected chi connectivity index (χ3v) is 1.66. The van der Waals surface area contributed by atoms with Crippen LogP contribution >= 0.6 is 0 Å². The quantitative estimate of drug-likeness (QED) is 0.465. The molecule has 0 aromatic carbocycles. The third kappa shape index (κ3) is 2.93. The summed E-state index contributed by atoms with van der Waals surface area (Å²) in [6.07, 6.45) is 6.81. The molecule has 0 aromatic heterocycles. The van der Waals surface area contributed by atoms with Gasteiger partial charge in [-0.1, -0.05) is 19.3 Å². The molecule has 0 fully saturated rings. The molecule has 3 heteroatoms. The van der Waals surface area contributed by atoms with Crippen LogP contribution in [0.15, 0.2) is 0 Å². The van der Waals surface area contributed by atoms with Crippen LogP contribution in [0.4, 0.5) is 0 Å². The Morgan fingerprint density at radius 3 is 2.67 bits per heavy atom. The van der Waals surface area contributed by atoms with E-state index < -0.39 is 0 Å². The molecule has 3 nitrogen and oxygen atoms in total. The predicted molar refractivity (Wildman–Crippen MR) is 47.0 cm³/mol. The number of hydroxylamine groups is 2. The molecule has 0 spiro atoms. The van der Waals surface area contributed by atoms with E-state index in [1.165, 1.54) is 12.2 Å². The second-order valence-electron chi connectivity index (χ2n) is 2.53. The van der Waals surface area contributed by atoms with E-state index in [-0.39, 0.29) is 11.8 Å². The van der Waals surface area contributed by atoms with E-state index in [9.17, 15) is 4.79 Å². The molecule has 0 saturated heterocycles. The van der Waals surface area contributed by atoms with E-state index >= 15 is 0 Å². The van der Waals surface area contributed by atoms with Gasteiger partial charge in [0.2, 0.25) is 0 Å². The fourth-order valence-corrected chi connectivity index (χ4v) is 0.876. The topological polar surface area (TPSA) is 29.5 Å². The number of nitrogens with zero attached hydrogens (tertiary/aromatic N) is 1. The molecule has 0 aromatic rings. The van der Waals surface area contributed by atoms with Gasteiger partial charge in [0.1, 0.15) is 5.92 Å². The van der Waals surface area contributed by atoms with Crippen molar-refractivity contribution >= 4 is 5.91 Å². The molecule has 1 amide bonds. The number of amides is 1. The van der Waals surface area contributed by atoms with Gasteiger partial charge >= 0.3 is 0 Å². The summed E-state index contributed by atoms with van der Waals surface area (Å²) < 4.78 is 0. The van der Waals surface area contributed by atoms with Crippen molar-refractivity contribution in [3.8, 4) is 12.3 Å². The average Bonchev–Trinajstić information content (AvgIpc) is 2.11. The highest BCUT2D eigenvalue weighted by molar-refractivity contribution is 5.80.